The summed E-state index contributed by atoms with van der Waals surface area (Å²) in [4.78, 5) is 25.3. The number of aryl methyl sites for hydroxylation is 1. The number of amides is 1. The number of carbonyl (C=O) groups is 2. The van der Waals surface area contributed by atoms with Gasteiger partial charge in [0.25, 0.3) is 0 Å². The van der Waals surface area contributed by atoms with Gasteiger partial charge in [-0.3, -0.25) is 28.0 Å². The molecular weight excluding hydrogens is 762 g/mol. The maximum absolute atomic E-state index is 12.8. The number of esters is 1. The number of hydrogen-bond acceptors (Lipinski definition) is 5. The zero-order valence-electron chi connectivity index (χ0n) is 24.6. The number of ether oxygens (including phenoxy) is 2. The second-order valence-electron chi connectivity index (χ2n) is 10.1. The van der Waals surface area contributed by atoms with E-state index in [0.717, 1.165) is 61.0 Å². The van der Waals surface area contributed by atoms with Crippen LogP contribution < -0.4 is 5.32 Å². The van der Waals surface area contributed by atoms with Crippen LogP contribution in [0.1, 0.15) is 37.8 Å². The van der Waals surface area contributed by atoms with Crippen LogP contribution in [0.5, 0.6) is 0 Å². The minimum Gasteiger partial charge on any atom is -0.487 e. The minimum atomic E-state index is -0.455. The number of rotatable bonds is 11. The monoisotopic (exact) mass is 804 g/mol. The summed E-state index contributed by atoms with van der Waals surface area (Å²) in [6.45, 7) is 21.6. The van der Waals surface area contributed by atoms with Gasteiger partial charge < -0.3 is 20.9 Å². The SMILES string of the molecule is C=[C-][C@H](C/C(=C/C(=C)C)c1ccccc1C)NC(=O)C(C)[C@@H]1C=CC(Cl)=CC1.[CH2-]C(=O)OCCN1CCOCC1.[U+2]. The number of benzene rings is 1. The molecule has 1 unspecified atom stereocenters. The number of carbonyl (C=O) groups excluding carboxylic acids is 2. The van der Waals surface area contributed by atoms with Gasteiger partial charge in [0.1, 0.15) is 6.61 Å². The van der Waals surface area contributed by atoms with Crippen molar-refractivity contribution in [3.05, 3.63) is 96.5 Å². The summed E-state index contributed by atoms with van der Waals surface area (Å²) in [6.07, 6.45) is 12.3. The molecule has 0 spiro atoms. The third-order valence-electron chi connectivity index (χ3n) is 6.82. The van der Waals surface area contributed by atoms with Crippen molar-refractivity contribution < 1.29 is 50.2 Å². The average molecular weight is 805 g/mol. The molecule has 0 saturated carbocycles. The molecule has 41 heavy (non-hydrogen) atoms. The molecule has 2 aliphatic rings. The molecule has 1 aliphatic heterocycles. The molecule has 1 aromatic rings. The van der Waals surface area contributed by atoms with Gasteiger partial charge in [0.15, 0.2) is 5.97 Å². The van der Waals surface area contributed by atoms with Crippen molar-refractivity contribution in [2.45, 2.75) is 39.7 Å². The zero-order chi connectivity index (χ0) is 29.5. The maximum atomic E-state index is 12.8. The first-order chi connectivity index (χ1) is 19.1. The van der Waals surface area contributed by atoms with E-state index in [9.17, 15) is 9.59 Å². The van der Waals surface area contributed by atoms with Crippen LogP contribution >= 0.6 is 11.6 Å². The quantitative estimate of drug-likeness (QED) is 0.173. The first kappa shape index (κ1) is 37.0. The van der Waals surface area contributed by atoms with Crippen LogP contribution in [0, 0.1) is 62.9 Å². The Labute approximate surface area is 275 Å². The molecule has 0 radical (unpaired) electrons. The largest absolute Gasteiger partial charge is 2.00 e. The van der Waals surface area contributed by atoms with Crippen LogP contribution in [0.2, 0.25) is 0 Å². The average Bonchev–Trinajstić information content (AvgIpc) is 2.93. The first-order valence-corrected chi connectivity index (χ1v) is 14.1. The molecule has 6 nitrogen and oxygen atoms in total. The molecule has 1 saturated heterocycles. The normalized spacial score (nSPS) is 18.4. The van der Waals surface area contributed by atoms with Crippen LogP contribution in [0.25, 0.3) is 5.57 Å². The van der Waals surface area contributed by atoms with Crippen molar-refractivity contribution in [3.63, 3.8) is 0 Å². The number of morpholine rings is 1. The van der Waals surface area contributed by atoms with E-state index in [1.807, 2.05) is 44.2 Å². The number of hydrogen-bond donors (Lipinski definition) is 1. The zero-order valence-corrected chi connectivity index (χ0v) is 29.5. The molecular formula is C33H43ClN2O4U. The number of nitrogens with zero attached hydrogens (tertiary/aromatic N) is 1. The Hall–Kier alpha value is -2.01. The summed E-state index contributed by atoms with van der Waals surface area (Å²) in [7, 11) is 0. The summed E-state index contributed by atoms with van der Waals surface area (Å²) < 4.78 is 9.88. The summed E-state index contributed by atoms with van der Waals surface area (Å²) in [5.74, 6) is -0.458. The third-order valence-corrected chi connectivity index (χ3v) is 7.10. The summed E-state index contributed by atoms with van der Waals surface area (Å²) in [6, 6.07) is 7.96. The second-order valence-corrected chi connectivity index (χ2v) is 10.5. The van der Waals surface area contributed by atoms with Crippen molar-refractivity contribution >= 4 is 29.1 Å². The van der Waals surface area contributed by atoms with E-state index >= 15 is 0 Å². The molecule has 1 aromatic carbocycles. The Morgan fingerprint density at radius 1 is 1.32 bits per heavy atom. The fourth-order valence-electron chi connectivity index (χ4n) is 4.46. The van der Waals surface area contributed by atoms with Crippen molar-refractivity contribution in [1.82, 2.24) is 10.2 Å². The maximum Gasteiger partial charge on any atom is 2.00 e. The number of allylic oxidation sites excluding steroid dienone is 6. The molecule has 8 heteroatoms. The van der Waals surface area contributed by atoms with Crippen molar-refractivity contribution in [3.8, 4) is 0 Å². The molecule has 1 N–H and O–H groups in total. The smallest absolute Gasteiger partial charge is 0.487 e. The van der Waals surface area contributed by atoms with Gasteiger partial charge in [0.05, 0.1) is 13.2 Å². The molecule has 1 heterocycles. The van der Waals surface area contributed by atoms with Gasteiger partial charge >= 0.3 is 31.1 Å². The van der Waals surface area contributed by atoms with Crippen LogP contribution in [-0.4, -0.2) is 62.3 Å². The molecule has 1 aliphatic carbocycles. The summed E-state index contributed by atoms with van der Waals surface area (Å²) in [5, 5.41) is 3.83. The number of nitrogens with one attached hydrogen (secondary N) is 1. The van der Waals surface area contributed by atoms with Crippen LogP contribution in [0.15, 0.2) is 72.3 Å². The van der Waals surface area contributed by atoms with E-state index in [2.05, 4.69) is 61.5 Å². The predicted octanol–water partition coefficient (Wildman–Crippen LogP) is 5.85. The standard InChI is InChI=1S/C25H29ClNO.C8H14NO3.U/c1-6-23(27-25(28)19(5)20-11-13-22(26)14-12-20)16-21(15-17(2)3)24-10-8-7-9-18(24)4;1-8(10)12-7-4-9-2-5-11-6-3-9;/h7-11,13-15,19-20,23H,1-2,12,16H2,3-5H3,(H,27,28);1-7H2;/q2*-1;+2/b21-15-;;/t19?,20-,23-;;/m1../s1. The van der Waals surface area contributed by atoms with Crippen LogP contribution in [0.4, 0.5) is 0 Å². The molecule has 1 amide bonds. The van der Waals surface area contributed by atoms with E-state index in [0.29, 0.717) is 13.0 Å². The van der Waals surface area contributed by atoms with E-state index < -0.39 is 5.97 Å². The fraction of sp³-hybridized carbons (Fsp3) is 0.424. The Morgan fingerprint density at radius 3 is 2.56 bits per heavy atom. The third kappa shape index (κ3) is 14.1. The van der Waals surface area contributed by atoms with E-state index in [4.69, 9.17) is 21.1 Å². The van der Waals surface area contributed by atoms with Gasteiger partial charge in [0, 0.05) is 30.6 Å². The number of halogens is 1. The Bertz CT molecular complexity index is 1110. The van der Waals surface area contributed by atoms with Gasteiger partial charge in [-0.1, -0.05) is 79.2 Å². The molecule has 3 rings (SSSR count). The van der Waals surface area contributed by atoms with Gasteiger partial charge in [-0.2, -0.15) is 0 Å². The topological polar surface area (TPSA) is 67.9 Å². The summed E-state index contributed by atoms with van der Waals surface area (Å²) >= 11 is 5.98. The van der Waals surface area contributed by atoms with E-state index in [1.165, 1.54) is 5.56 Å². The molecule has 1 fully saturated rings. The van der Waals surface area contributed by atoms with Crippen molar-refractivity contribution in [2.75, 3.05) is 39.5 Å². The van der Waals surface area contributed by atoms with Crippen LogP contribution in [-0.2, 0) is 19.1 Å². The predicted molar refractivity (Wildman–Crippen MR) is 163 cm³/mol. The Balaban J connectivity index is 0.000000542. The molecule has 3 atom stereocenters. The van der Waals surface area contributed by atoms with Crippen LogP contribution in [0.3, 0.4) is 0 Å². The van der Waals surface area contributed by atoms with E-state index in [-0.39, 0.29) is 54.9 Å². The Kier molecular flexibility index (Phi) is 18.1. The van der Waals surface area contributed by atoms with Gasteiger partial charge in [-0.15, -0.1) is 0 Å². The van der Waals surface area contributed by atoms with Gasteiger partial charge in [0.2, 0.25) is 5.91 Å². The van der Waals surface area contributed by atoms with Gasteiger partial charge in [-0.05, 0) is 55.4 Å². The fourth-order valence-corrected chi connectivity index (χ4v) is 4.63. The summed E-state index contributed by atoms with van der Waals surface area (Å²) in [5.41, 5.74) is 4.43. The molecule has 220 valence electrons. The second kappa shape index (κ2) is 20.0. The first-order valence-electron chi connectivity index (χ1n) is 13.7. The van der Waals surface area contributed by atoms with Crippen molar-refractivity contribution in [1.29, 1.82) is 0 Å². The van der Waals surface area contributed by atoms with Gasteiger partial charge in [-0.25, -0.2) is 0 Å². The molecule has 0 bridgehead atoms. The Morgan fingerprint density at radius 2 is 2.00 bits per heavy atom. The molecule has 0 aromatic heterocycles. The minimum absolute atomic E-state index is 0. The van der Waals surface area contributed by atoms with E-state index in [1.54, 1.807) is 0 Å². The van der Waals surface area contributed by atoms with Crippen molar-refractivity contribution in [2.24, 2.45) is 11.8 Å².